The average molecular weight is 299 g/mol. The number of nitriles is 1. The fraction of sp³-hybridized carbons (Fsp3) is 0.400. The summed E-state index contributed by atoms with van der Waals surface area (Å²) in [6.45, 7) is 2.81. The average Bonchev–Trinajstić information content (AvgIpc) is 3.02. The molecule has 2 aromatic rings. The van der Waals surface area contributed by atoms with Crippen molar-refractivity contribution in [2.75, 3.05) is 18.0 Å². The molecule has 1 aliphatic heterocycles. The molecule has 0 atom stereocenters. The first kappa shape index (κ1) is 14.0. The second-order valence-corrected chi connectivity index (χ2v) is 6.10. The van der Waals surface area contributed by atoms with Gasteiger partial charge in [0, 0.05) is 48.3 Å². The summed E-state index contributed by atoms with van der Waals surface area (Å²) in [5.74, 6) is 0.827. The highest BCUT2D eigenvalue weighted by atomic mass is 32.1. The molecule has 0 spiro atoms. The molecule has 0 aromatic carbocycles. The molecule has 0 saturated carbocycles. The van der Waals surface area contributed by atoms with Crippen molar-refractivity contribution in [2.45, 2.75) is 25.4 Å². The largest absolute Gasteiger partial charge is 0.341 e. The summed E-state index contributed by atoms with van der Waals surface area (Å²) in [6, 6.07) is 6.50. The van der Waals surface area contributed by atoms with E-state index in [1.807, 2.05) is 17.5 Å². The third-order valence-electron chi connectivity index (χ3n) is 3.68. The van der Waals surface area contributed by atoms with E-state index < -0.39 is 0 Å². The van der Waals surface area contributed by atoms with E-state index in [1.54, 1.807) is 23.7 Å². The number of nitrogens with one attached hydrogen (secondary N) is 1. The van der Waals surface area contributed by atoms with Crippen LogP contribution in [0.25, 0.3) is 0 Å². The molecule has 3 heterocycles. The predicted molar refractivity (Wildman–Crippen MR) is 83.1 cm³/mol. The summed E-state index contributed by atoms with van der Waals surface area (Å²) in [5, 5.41) is 14.3. The van der Waals surface area contributed by atoms with Crippen LogP contribution in [0, 0.1) is 11.3 Å². The molecule has 1 fully saturated rings. The van der Waals surface area contributed by atoms with Gasteiger partial charge in [0.2, 0.25) is 5.95 Å². The molecule has 1 aliphatic rings. The van der Waals surface area contributed by atoms with Crippen LogP contribution in [0.5, 0.6) is 0 Å². The summed E-state index contributed by atoms with van der Waals surface area (Å²) in [5.41, 5.74) is 0.757. The Hall–Kier alpha value is -1.97. The molecule has 5 nitrogen and oxygen atoms in total. The second kappa shape index (κ2) is 6.66. The number of hydrogen-bond acceptors (Lipinski definition) is 6. The molecular formula is C15H17N5S. The highest BCUT2D eigenvalue weighted by Gasteiger charge is 2.20. The number of aromatic nitrogens is 2. The van der Waals surface area contributed by atoms with E-state index >= 15 is 0 Å². The van der Waals surface area contributed by atoms with Gasteiger partial charge in [-0.1, -0.05) is 0 Å². The lowest BCUT2D eigenvalue weighted by Crippen LogP contribution is -2.42. The molecule has 6 heteroatoms. The summed E-state index contributed by atoms with van der Waals surface area (Å²) >= 11 is 1.64. The van der Waals surface area contributed by atoms with Crippen LogP contribution in [-0.4, -0.2) is 29.1 Å². The Morgan fingerprint density at radius 1 is 1.33 bits per heavy atom. The van der Waals surface area contributed by atoms with Gasteiger partial charge in [0.05, 0.1) is 5.56 Å². The van der Waals surface area contributed by atoms with Crippen LogP contribution >= 0.6 is 11.3 Å². The van der Waals surface area contributed by atoms with Gasteiger partial charge in [0.15, 0.2) is 0 Å². The molecule has 21 heavy (non-hydrogen) atoms. The Kier molecular flexibility index (Phi) is 4.43. The lowest BCUT2D eigenvalue weighted by molar-refractivity contribution is 0.412. The normalized spacial score (nSPS) is 15.9. The Balaban J connectivity index is 1.47. The number of anilines is 1. The van der Waals surface area contributed by atoms with E-state index in [1.165, 1.54) is 4.88 Å². The smallest absolute Gasteiger partial charge is 0.225 e. The first-order valence-electron chi connectivity index (χ1n) is 7.08. The van der Waals surface area contributed by atoms with Crippen LogP contribution in [0.4, 0.5) is 5.95 Å². The standard InChI is InChI=1S/C15H17N5S/c16-9-12-8-14(21-11-12)10-19-13-2-6-20(7-3-13)15-17-4-1-5-18-15/h1,4-5,8,11,13,19H,2-3,6-7,10H2. The fourth-order valence-corrected chi connectivity index (χ4v) is 3.28. The molecule has 0 amide bonds. The number of nitrogens with zero attached hydrogens (tertiary/aromatic N) is 4. The van der Waals surface area contributed by atoms with Crippen molar-refractivity contribution in [1.82, 2.24) is 15.3 Å². The van der Waals surface area contributed by atoms with Gasteiger partial charge in [-0.15, -0.1) is 11.3 Å². The van der Waals surface area contributed by atoms with Gasteiger partial charge in [0.1, 0.15) is 6.07 Å². The molecule has 0 unspecified atom stereocenters. The Morgan fingerprint density at radius 2 is 2.10 bits per heavy atom. The molecule has 3 rings (SSSR count). The van der Waals surface area contributed by atoms with Gasteiger partial charge < -0.3 is 10.2 Å². The Labute approximate surface area is 128 Å². The molecule has 108 valence electrons. The SMILES string of the molecule is N#Cc1csc(CNC2CCN(c3ncccn3)CC2)c1. The topological polar surface area (TPSA) is 64.8 Å². The minimum Gasteiger partial charge on any atom is -0.341 e. The van der Waals surface area contributed by atoms with Gasteiger partial charge >= 0.3 is 0 Å². The number of piperidine rings is 1. The molecule has 1 saturated heterocycles. The first-order valence-corrected chi connectivity index (χ1v) is 7.96. The minimum atomic E-state index is 0.526. The van der Waals surface area contributed by atoms with Crippen molar-refractivity contribution in [3.63, 3.8) is 0 Å². The van der Waals surface area contributed by atoms with Crippen molar-refractivity contribution in [3.05, 3.63) is 40.3 Å². The van der Waals surface area contributed by atoms with Crippen molar-refractivity contribution >= 4 is 17.3 Å². The number of thiophene rings is 1. The summed E-state index contributed by atoms with van der Waals surface area (Å²) in [4.78, 5) is 12.1. The van der Waals surface area contributed by atoms with Crippen LogP contribution in [0.2, 0.25) is 0 Å². The highest BCUT2D eigenvalue weighted by molar-refractivity contribution is 7.10. The van der Waals surface area contributed by atoms with Crippen LogP contribution < -0.4 is 10.2 Å². The van der Waals surface area contributed by atoms with Crippen molar-refractivity contribution in [2.24, 2.45) is 0 Å². The fourth-order valence-electron chi connectivity index (χ4n) is 2.52. The first-order chi connectivity index (χ1) is 10.3. The van der Waals surface area contributed by atoms with Gasteiger partial charge in [-0.2, -0.15) is 5.26 Å². The van der Waals surface area contributed by atoms with Crippen LogP contribution in [-0.2, 0) is 6.54 Å². The van der Waals surface area contributed by atoms with E-state index in [2.05, 4.69) is 26.3 Å². The van der Waals surface area contributed by atoms with Crippen LogP contribution in [0.1, 0.15) is 23.3 Å². The molecule has 0 radical (unpaired) electrons. The zero-order chi connectivity index (χ0) is 14.5. The van der Waals surface area contributed by atoms with Gasteiger partial charge in [0.25, 0.3) is 0 Å². The van der Waals surface area contributed by atoms with E-state index in [0.717, 1.165) is 44.0 Å². The summed E-state index contributed by atoms with van der Waals surface area (Å²) in [6.07, 6.45) is 5.76. The lowest BCUT2D eigenvalue weighted by atomic mass is 10.1. The maximum Gasteiger partial charge on any atom is 0.225 e. The second-order valence-electron chi connectivity index (χ2n) is 5.10. The summed E-state index contributed by atoms with van der Waals surface area (Å²) in [7, 11) is 0. The maximum atomic E-state index is 8.82. The van der Waals surface area contributed by atoms with E-state index in [9.17, 15) is 0 Å². The third kappa shape index (κ3) is 3.57. The van der Waals surface area contributed by atoms with Crippen molar-refractivity contribution in [1.29, 1.82) is 5.26 Å². The van der Waals surface area contributed by atoms with E-state index in [0.29, 0.717) is 6.04 Å². The van der Waals surface area contributed by atoms with Crippen LogP contribution in [0.15, 0.2) is 29.9 Å². The predicted octanol–water partition coefficient (Wildman–Crippen LogP) is 2.17. The van der Waals surface area contributed by atoms with Crippen molar-refractivity contribution in [3.8, 4) is 6.07 Å². The monoisotopic (exact) mass is 299 g/mol. The molecule has 2 aromatic heterocycles. The molecular weight excluding hydrogens is 282 g/mol. The minimum absolute atomic E-state index is 0.526. The van der Waals surface area contributed by atoms with Gasteiger partial charge in [-0.05, 0) is 25.0 Å². The van der Waals surface area contributed by atoms with Crippen LogP contribution in [0.3, 0.4) is 0 Å². The lowest BCUT2D eigenvalue weighted by Gasteiger charge is -2.32. The number of hydrogen-bond donors (Lipinski definition) is 1. The van der Waals surface area contributed by atoms with E-state index in [4.69, 9.17) is 5.26 Å². The van der Waals surface area contributed by atoms with Gasteiger partial charge in [-0.25, -0.2) is 9.97 Å². The molecule has 1 N–H and O–H groups in total. The maximum absolute atomic E-state index is 8.82. The highest BCUT2D eigenvalue weighted by Crippen LogP contribution is 2.17. The molecule has 0 bridgehead atoms. The Morgan fingerprint density at radius 3 is 2.76 bits per heavy atom. The number of rotatable bonds is 4. The third-order valence-corrected chi connectivity index (χ3v) is 4.61. The zero-order valence-corrected chi connectivity index (χ0v) is 12.5. The van der Waals surface area contributed by atoms with Gasteiger partial charge in [-0.3, -0.25) is 0 Å². The summed E-state index contributed by atoms with van der Waals surface area (Å²) < 4.78 is 0. The zero-order valence-electron chi connectivity index (χ0n) is 11.7. The quantitative estimate of drug-likeness (QED) is 0.937. The van der Waals surface area contributed by atoms with E-state index in [-0.39, 0.29) is 0 Å². The Bertz CT molecular complexity index is 610. The van der Waals surface area contributed by atoms with Crippen molar-refractivity contribution < 1.29 is 0 Å². The molecule has 0 aliphatic carbocycles.